The molecule has 3 unspecified atom stereocenters. The molecule has 0 radical (unpaired) electrons. The number of nitrogens with zero attached hydrogens (tertiary/aromatic N) is 1. The number of carbonyl (C=O) groups excluding carboxylic acids is 2. The monoisotopic (exact) mass is 348 g/mol. The quantitative estimate of drug-likeness (QED) is 0.820. The summed E-state index contributed by atoms with van der Waals surface area (Å²) in [5.41, 5.74) is 0.878. The van der Waals surface area contributed by atoms with Crippen LogP contribution in [0.2, 0.25) is 0 Å². The molecule has 0 spiro atoms. The van der Waals surface area contributed by atoms with Gasteiger partial charge in [-0.1, -0.05) is 19.1 Å². The Labute approximate surface area is 149 Å². The third-order valence-electron chi connectivity index (χ3n) is 4.46. The third kappa shape index (κ3) is 5.74. The van der Waals surface area contributed by atoms with Crippen LogP contribution in [0.1, 0.15) is 38.3 Å². The Morgan fingerprint density at radius 2 is 2.04 bits per heavy atom. The molecule has 0 saturated carbocycles. The Morgan fingerprint density at radius 1 is 1.36 bits per heavy atom. The molecule has 1 N–H and O–H groups in total. The number of nitrogens with one attached hydrogen (secondary N) is 1. The van der Waals surface area contributed by atoms with Gasteiger partial charge in [0.15, 0.2) is 0 Å². The molecular formula is C19H28N2O4. The summed E-state index contributed by atoms with van der Waals surface area (Å²) in [7, 11) is 3.39. The number of methoxy groups -OCH3 is 1. The second-order valence-electron chi connectivity index (χ2n) is 6.80. The van der Waals surface area contributed by atoms with Gasteiger partial charge in [0.25, 0.3) is 0 Å². The van der Waals surface area contributed by atoms with E-state index in [1.54, 1.807) is 19.1 Å². The van der Waals surface area contributed by atoms with Crippen LogP contribution in [0.3, 0.4) is 0 Å². The van der Waals surface area contributed by atoms with E-state index in [2.05, 4.69) is 12.2 Å². The highest BCUT2D eigenvalue weighted by Gasteiger charge is 2.26. The first-order valence-corrected chi connectivity index (χ1v) is 8.65. The highest BCUT2D eigenvalue weighted by Crippen LogP contribution is 2.23. The number of likely N-dealkylation sites (N-methyl/N-ethyl adjacent to an activating group) is 1. The second-order valence-corrected chi connectivity index (χ2v) is 6.80. The van der Waals surface area contributed by atoms with Crippen molar-refractivity contribution in [2.24, 2.45) is 5.92 Å². The van der Waals surface area contributed by atoms with E-state index in [-0.39, 0.29) is 30.4 Å². The number of amides is 2. The molecule has 3 atom stereocenters. The van der Waals surface area contributed by atoms with Gasteiger partial charge in [-0.3, -0.25) is 9.59 Å². The van der Waals surface area contributed by atoms with Crippen molar-refractivity contribution in [1.82, 2.24) is 10.2 Å². The molecule has 6 heteroatoms. The zero-order chi connectivity index (χ0) is 18.4. The molecule has 1 aromatic rings. The minimum absolute atomic E-state index is 0.0160. The molecule has 1 aliphatic rings. The molecule has 2 rings (SSSR count). The summed E-state index contributed by atoms with van der Waals surface area (Å²) >= 11 is 0. The maximum atomic E-state index is 12.6. The first-order valence-electron chi connectivity index (χ1n) is 8.65. The minimum atomic E-state index is -0.359. The predicted octanol–water partition coefficient (Wildman–Crippen LogP) is 2.15. The van der Waals surface area contributed by atoms with Crippen molar-refractivity contribution in [3.05, 3.63) is 29.8 Å². The Kier molecular flexibility index (Phi) is 6.82. The normalized spacial score (nSPS) is 20.8. The fraction of sp³-hybridized carbons (Fsp3) is 0.579. The first-order chi connectivity index (χ1) is 11.9. The number of hydrogen-bond donors (Lipinski definition) is 1. The van der Waals surface area contributed by atoms with Crippen molar-refractivity contribution in [2.45, 2.75) is 38.8 Å². The van der Waals surface area contributed by atoms with Crippen LogP contribution in [-0.2, 0) is 14.3 Å². The van der Waals surface area contributed by atoms with Crippen LogP contribution >= 0.6 is 0 Å². The van der Waals surface area contributed by atoms with Gasteiger partial charge in [-0.25, -0.2) is 0 Å². The van der Waals surface area contributed by atoms with E-state index in [0.29, 0.717) is 12.5 Å². The molecule has 0 aromatic heterocycles. The molecule has 1 fully saturated rings. The molecule has 25 heavy (non-hydrogen) atoms. The summed E-state index contributed by atoms with van der Waals surface area (Å²) < 4.78 is 10.8. The van der Waals surface area contributed by atoms with Crippen LogP contribution in [0.4, 0.5) is 0 Å². The predicted molar refractivity (Wildman–Crippen MR) is 95.3 cm³/mol. The largest absolute Gasteiger partial charge is 0.497 e. The van der Waals surface area contributed by atoms with Gasteiger partial charge in [-0.15, -0.1) is 0 Å². The van der Waals surface area contributed by atoms with E-state index < -0.39 is 0 Å². The van der Waals surface area contributed by atoms with Gasteiger partial charge in [-0.05, 0) is 30.0 Å². The van der Waals surface area contributed by atoms with E-state index in [4.69, 9.17) is 9.47 Å². The van der Waals surface area contributed by atoms with Crippen LogP contribution < -0.4 is 10.1 Å². The zero-order valence-corrected chi connectivity index (χ0v) is 15.5. The Morgan fingerprint density at radius 3 is 2.56 bits per heavy atom. The van der Waals surface area contributed by atoms with E-state index in [1.165, 1.54) is 6.92 Å². The molecule has 0 bridgehead atoms. The van der Waals surface area contributed by atoms with Crippen LogP contribution in [0.15, 0.2) is 24.3 Å². The molecule has 6 nitrogen and oxygen atoms in total. The van der Waals surface area contributed by atoms with Crippen LogP contribution in [-0.4, -0.2) is 50.1 Å². The Hall–Kier alpha value is -2.08. The second kappa shape index (κ2) is 8.85. The first kappa shape index (κ1) is 19.2. The van der Waals surface area contributed by atoms with Crippen molar-refractivity contribution in [3.63, 3.8) is 0 Å². The smallest absolute Gasteiger partial charge is 0.224 e. The van der Waals surface area contributed by atoms with Crippen LogP contribution in [0, 0.1) is 5.92 Å². The van der Waals surface area contributed by atoms with Crippen molar-refractivity contribution >= 4 is 11.8 Å². The fourth-order valence-electron chi connectivity index (χ4n) is 3.08. The van der Waals surface area contributed by atoms with Gasteiger partial charge in [0, 0.05) is 27.1 Å². The molecule has 0 aliphatic carbocycles. The van der Waals surface area contributed by atoms with Crippen molar-refractivity contribution in [3.8, 4) is 5.75 Å². The third-order valence-corrected chi connectivity index (χ3v) is 4.46. The Bertz CT molecular complexity index is 588. The highest BCUT2D eigenvalue weighted by molar-refractivity contribution is 5.79. The average Bonchev–Trinajstić information content (AvgIpc) is 2.98. The van der Waals surface area contributed by atoms with Gasteiger partial charge in [0.2, 0.25) is 11.8 Å². The molecule has 1 saturated heterocycles. The van der Waals surface area contributed by atoms with Crippen molar-refractivity contribution < 1.29 is 19.1 Å². The lowest BCUT2D eigenvalue weighted by molar-refractivity contribution is -0.132. The number of carbonyl (C=O) groups is 2. The van der Waals surface area contributed by atoms with Gasteiger partial charge >= 0.3 is 0 Å². The van der Waals surface area contributed by atoms with Gasteiger partial charge < -0.3 is 19.7 Å². The summed E-state index contributed by atoms with van der Waals surface area (Å²) in [6.45, 7) is 4.95. The van der Waals surface area contributed by atoms with Gasteiger partial charge in [-0.2, -0.15) is 0 Å². The van der Waals surface area contributed by atoms with Gasteiger partial charge in [0.05, 0.1) is 25.7 Å². The summed E-state index contributed by atoms with van der Waals surface area (Å²) in [6, 6.07) is 7.03. The lowest BCUT2D eigenvalue weighted by Crippen LogP contribution is -2.37. The number of hydrogen-bond acceptors (Lipinski definition) is 4. The van der Waals surface area contributed by atoms with E-state index in [0.717, 1.165) is 24.3 Å². The molecular weight excluding hydrogens is 320 g/mol. The summed E-state index contributed by atoms with van der Waals surface area (Å²) in [5.74, 6) is 1.10. The summed E-state index contributed by atoms with van der Waals surface area (Å²) in [6.07, 6.45) is 1.29. The standard InChI is InChI=1S/C19H28N2O4/c1-13-9-17(25-12-13)11-21(3)19(23)10-18(20-14(2)22)15-5-7-16(24-4)8-6-15/h5-8,13,17-18H,9-12H2,1-4H3,(H,20,22). The summed E-state index contributed by atoms with van der Waals surface area (Å²) in [4.78, 5) is 25.8. The summed E-state index contributed by atoms with van der Waals surface area (Å²) in [5, 5.41) is 2.86. The maximum Gasteiger partial charge on any atom is 0.224 e. The zero-order valence-electron chi connectivity index (χ0n) is 15.5. The van der Waals surface area contributed by atoms with E-state index >= 15 is 0 Å². The number of rotatable bonds is 7. The van der Waals surface area contributed by atoms with E-state index in [1.807, 2.05) is 24.3 Å². The SMILES string of the molecule is COc1ccc(C(CC(=O)N(C)CC2CC(C)CO2)NC(C)=O)cc1. The fourth-order valence-corrected chi connectivity index (χ4v) is 3.08. The maximum absolute atomic E-state index is 12.6. The molecule has 138 valence electrons. The van der Waals surface area contributed by atoms with Crippen molar-refractivity contribution in [2.75, 3.05) is 27.3 Å². The molecule has 1 heterocycles. The van der Waals surface area contributed by atoms with Crippen molar-refractivity contribution in [1.29, 1.82) is 0 Å². The highest BCUT2D eigenvalue weighted by atomic mass is 16.5. The minimum Gasteiger partial charge on any atom is -0.497 e. The van der Waals surface area contributed by atoms with Gasteiger partial charge in [0.1, 0.15) is 5.75 Å². The number of ether oxygens (including phenoxy) is 2. The molecule has 1 aliphatic heterocycles. The van der Waals surface area contributed by atoms with Crippen LogP contribution in [0.5, 0.6) is 5.75 Å². The topological polar surface area (TPSA) is 67.9 Å². The average molecular weight is 348 g/mol. The van der Waals surface area contributed by atoms with E-state index in [9.17, 15) is 9.59 Å². The lowest BCUT2D eigenvalue weighted by atomic mass is 10.0. The number of benzene rings is 1. The molecule has 2 amide bonds. The molecule has 1 aromatic carbocycles. The Balaban J connectivity index is 1.99. The lowest BCUT2D eigenvalue weighted by Gasteiger charge is -2.24. The van der Waals surface area contributed by atoms with Crippen LogP contribution in [0.25, 0.3) is 0 Å².